The van der Waals surface area contributed by atoms with Crippen LogP contribution in [-0.2, 0) is 14.8 Å². The molecule has 3 aromatic carbocycles. The number of aryl methyl sites for hydroxylation is 1. The van der Waals surface area contributed by atoms with Crippen LogP contribution in [0, 0.1) is 6.92 Å². The number of carbonyl (C=O) groups is 1. The average Bonchev–Trinajstić information content (AvgIpc) is 2.81. The number of ether oxygens (including phenoxy) is 2. The zero-order valence-corrected chi connectivity index (χ0v) is 19.5. The molecule has 0 fully saturated rings. The number of benzene rings is 3. The van der Waals surface area contributed by atoms with Crippen molar-refractivity contribution in [2.45, 2.75) is 17.9 Å². The van der Waals surface area contributed by atoms with E-state index in [1.807, 2.05) is 31.2 Å². The SMILES string of the molecule is Cc1cccc(OCCNC(=O)[C@@H]2CN(S(=O)(=O)c3ccccc3)c3cc(Cl)ccc3O2)c1. The highest BCUT2D eigenvalue weighted by Gasteiger charge is 2.37. The molecule has 0 unspecified atom stereocenters. The third-order valence-electron chi connectivity index (χ3n) is 5.07. The van der Waals surface area contributed by atoms with Crippen LogP contribution < -0.4 is 19.1 Å². The lowest BCUT2D eigenvalue weighted by atomic mass is 10.2. The maximum atomic E-state index is 13.3. The summed E-state index contributed by atoms with van der Waals surface area (Å²) in [6, 6.07) is 20.3. The van der Waals surface area contributed by atoms with Gasteiger partial charge in [-0.1, -0.05) is 41.9 Å². The lowest BCUT2D eigenvalue weighted by molar-refractivity contribution is -0.127. The fraction of sp³-hybridized carbons (Fsp3) is 0.208. The minimum atomic E-state index is -3.93. The van der Waals surface area contributed by atoms with Crippen LogP contribution in [0.1, 0.15) is 5.56 Å². The third kappa shape index (κ3) is 5.23. The Balaban J connectivity index is 1.48. The van der Waals surface area contributed by atoms with E-state index in [2.05, 4.69) is 5.32 Å². The number of anilines is 1. The first kappa shape index (κ1) is 22.9. The predicted molar refractivity (Wildman–Crippen MR) is 127 cm³/mol. The van der Waals surface area contributed by atoms with E-state index in [0.29, 0.717) is 10.8 Å². The maximum absolute atomic E-state index is 13.3. The zero-order valence-electron chi connectivity index (χ0n) is 17.9. The molecule has 0 radical (unpaired) electrons. The molecule has 0 aromatic heterocycles. The fourth-order valence-electron chi connectivity index (χ4n) is 3.47. The highest BCUT2D eigenvalue weighted by Crippen LogP contribution is 2.38. The minimum absolute atomic E-state index is 0.114. The van der Waals surface area contributed by atoms with Crippen molar-refractivity contribution < 1.29 is 22.7 Å². The Hall–Kier alpha value is -3.23. The Labute approximate surface area is 197 Å². The number of hydrogen-bond acceptors (Lipinski definition) is 5. The molecule has 1 atom stereocenters. The summed E-state index contributed by atoms with van der Waals surface area (Å²) in [4.78, 5) is 12.9. The van der Waals surface area contributed by atoms with Gasteiger partial charge in [-0.05, 0) is 55.0 Å². The summed E-state index contributed by atoms with van der Waals surface area (Å²) in [7, 11) is -3.93. The van der Waals surface area contributed by atoms with Crippen LogP contribution in [0.15, 0.2) is 77.7 Å². The quantitative estimate of drug-likeness (QED) is 0.513. The van der Waals surface area contributed by atoms with E-state index < -0.39 is 22.0 Å². The molecule has 1 aliphatic heterocycles. The monoisotopic (exact) mass is 486 g/mol. The van der Waals surface area contributed by atoms with Gasteiger partial charge in [0.05, 0.1) is 23.7 Å². The molecule has 1 aliphatic rings. The molecule has 1 N–H and O–H groups in total. The van der Waals surface area contributed by atoms with Crippen molar-refractivity contribution in [3.8, 4) is 11.5 Å². The van der Waals surface area contributed by atoms with Crippen molar-refractivity contribution in [3.05, 3.63) is 83.4 Å². The lowest BCUT2D eigenvalue weighted by Gasteiger charge is -2.34. The fourth-order valence-corrected chi connectivity index (χ4v) is 5.13. The Bertz CT molecular complexity index is 1250. The van der Waals surface area contributed by atoms with Crippen LogP contribution in [0.5, 0.6) is 11.5 Å². The van der Waals surface area contributed by atoms with Crippen molar-refractivity contribution in [2.24, 2.45) is 0 Å². The molecule has 172 valence electrons. The average molecular weight is 487 g/mol. The number of nitrogens with one attached hydrogen (secondary N) is 1. The van der Waals surface area contributed by atoms with Gasteiger partial charge < -0.3 is 14.8 Å². The first-order valence-corrected chi connectivity index (χ1v) is 12.2. The lowest BCUT2D eigenvalue weighted by Crippen LogP contribution is -2.51. The van der Waals surface area contributed by atoms with E-state index in [0.717, 1.165) is 5.56 Å². The molecular weight excluding hydrogens is 464 g/mol. The standard InChI is InChI=1S/C24H23ClN2O5S/c1-17-6-5-7-19(14-17)31-13-12-26-24(28)23-16-27(21-15-18(25)10-11-22(21)32-23)33(29,30)20-8-3-2-4-9-20/h2-11,14-15,23H,12-13,16H2,1H3,(H,26,28)/t23-/m0/s1. The number of halogens is 1. The van der Waals surface area contributed by atoms with Crippen molar-refractivity contribution >= 4 is 33.2 Å². The molecule has 0 saturated carbocycles. The molecule has 9 heteroatoms. The van der Waals surface area contributed by atoms with Crippen LogP contribution in [0.2, 0.25) is 5.02 Å². The second-order valence-electron chi connectivity index (χ2n) is 7.52. The van der Waals surface area contributed by atoms with Crippen molar-refractivity contribution in [1.29, 1.82) is 0 Å². The highest BCUT2D eigenvalue weighted by atomic mass is 35.5. The Morgan fingerprint density at radius 3 is 2.67 bits per heavy atom. The molecule has 0 spiro atoms. The van der Waals surface area contributed by atoms with Gasteiger partial charge in [0.1, 0.15) is 18.1 Å². The summed E-state index contributed by atoms with van der Waals surface area (Å²) >= 11 is 6.11. The summed E-state index contributed by atoms with van der Waals surface area (Å²) in [5.74, 6) is 0.544. The number of fused-ring (bicyclic) bond motifs is 1. The van der Waals surface area contributed by atoms with Gasteiger partial charge in [0, 0.05) is 5.02 Å². The number of nitrogens with zero attached hydrogens (tertiary/aromatic N) is 1. The summed E-state index contributed by atoms with van der Waals surface area (Å²) < 4.78 is 39.3. The summed E-state index contributed by atoms with van der Waals surface area (Å²) in [6.07, 6.45) is -1.03. The second-order valence-corrected chi connectivity index (χ2v) is 9.82. The number of carbonyl (C=O) groups excluding carboxylic acids is 1. The number of hydrogen-bond donors (Lipinski definition) is 1. The van der Waals surface area contributed by atoms with Crippen LogP contribution >= 0.6 is 11.6 Å². The maximum Gasteiger partial charge on any atom is 0.264 e. The molecule has 0 aliphatic carbocycles. The number of rotatable bonds is 7. The molecule has 3 aromatic rings. The van der Waals surface area contributed by atoms with Gasteiger partial charge in [0.2, 0.25) is 0 Å². The first-order chi connectivity index (χ1) is 15.8. The molecule has 4 rings (SSSR count). The topological polar surface area (TPSA) is 84.9 Å². The molecule has 1 amide bonds. The van der Waals surface area contributed by atoms with Crippen molar-refractivity contribution in [2.75, 3.05) is 24.0 Å². The predicted octanol–water partition coefficient (Wildman–Crippen LogP) is 3.80. The van der Waals surface area contributed by atoms with Gasteiger partial charge in [-0.25, -0.2) is 8.42 Å². The number of amides is 1. The Kier molecular flexibility index (Phi) is 6.76. The van der Waals surface area contributed by atoms with E-state index in [1.54, 1.807) is 30.3 Å². The summed E-state index contributed by atoms with van der Waals surface area (Å²) in [6.45, 7) is 2.29. The van der Waals surface area contributed by atoms with Crippen LogP contribution in [0.4, 0.5) is 5.69 Å². The van der Waals surface area contributed by atoms with Gasteiger partial charge >= 0.3 is 0 Å². The summed E-state index contributed by atoms with van der Waals surface area (Å²) in [5, 5.41) is 3.12. The Morgan fingerprint density at radius 1 is 1.12 bits per heavy atom. The van der Waals surface area contributed by atoms with E-state index >= 15 is 0 Å². The molecule has 7 nitrogen and oxygen atoms in total. The number of sulfonamides is 1. The highest BCUT2D eigenvalue weighted by molar-refractivity contribution is 7.92. The van der Waals surface area contributed by atoms with Gasteiger partial charge in [-0.3, -0.25) is 9.10 Å². The molecule has 0 saturated heterocycles. The largest absolute Gasteiger partial charge is 0.492 e. The third-order valence-corrected chi connectivity index (χ3v) is 7.10. The van der Waals surface area contributed by atoms with Gasteiger partial charge in [0.25, 0.3) is 15.9 Å². The van der Waals surface area contributed by atoms with Crippen LogP contribution in [-0.4, -0.2) is 40.1 Å². The van der Waals surface area contributed by atoms with Crippen LogP contribution in [0.25, 0.3) is 0 Å². The van der Waals surface area contributed by atoms with E-state index in [4.69, 9.17) is 21.1 Å². The van der Waals surface area contributed by atoms with Gasteiger partial charge in [0.15, 0.2) is 6.10 Å². The van der Waals surface area contributed by atoms with Gasteiger partial charge in [-0.15, -0.1) is 0 Å². The van der Waals surface area contributed by atoms with Crippen molar-refractivity contribution in [1.82, 2.24) is 5.32 Å². The smallest absolute Gasteiger partial charge is 0.264 e. The second kappa shape index (κ2) is 9.72. The van der Waals surface area contributed by atoms with Gasteiger partial charge in [-0.2, -0.15) is 0 Å². The molecule has 1 heterocycles. The van der Waals surface area contributed by atoms with Crippen LogP contribution in [0.3, 0.4) is 0 Å². The molecule has 33 heavy (non-hydrogen) atoms. The van der Waals surface area contributed by atoms with E-state index in [-0.39, 0.29) is 36.0 Å². The van der Waals surface area contributed by atoms with E-state index in [1.165, 1.54) is 22.5 Å². The normalized spacial score (nSPS) is 15.3. The van der Waals surface area contributed by atoms with E-state index in [9.17, 15) is 13.2 Å². The minimum Gasteiger partial charge on any atom is -0.492 e. The first-order valence-electron chi connectivity index (χ1n) is 10.4. The molecule has 0 bridgehead atoms. The van der Waals surface area contributed by atoms with Crippen molar-refractivity contribution in [3.63, 3.8) is 0 Å². The molecular formula is C24H23ClN2O5S. The summed E-state index contributed by atoms with van der Waals surface area (Å²) in [5.41, 5.74) is 1.36. The Morgan fingerprint density at radius 2 is 1.91 bits per heavy atom. The zero-order chi connectivity index (χ0) is 23.4.